The molecule has 0 radical (unpaired) electrons. The molecule has 1 saturated carbocycles. The van der Waals surface area contributed by atoms with Crippen molar-refractivity contribution in [3.05, 3.63) is 60.2 Å². The van der Waals surface area contributed by atoms with Gasteiger partial charge < -0.3 is 14.8 Å². The summed E-state index contributed by atoms with van der Waals surface area (Å²) in [5, 5.41) is 12.6. The Morgan fingerprint density at radius 1 is 1.06 bits per heavy atom. The Balaban J connectivity index is 0.00000231. The van der Waals surface area contributed by atoms with Crippen LogP contribution in [-0.4, -0.2) is 26.4 Å². The Labute approximate surface area is 201 Å². The normalized spacial score (nSPS) is 22.2. The number of hydrogen-bond acceptors (Lipinski definition) is 5. The Morgan fingerprint density at radius 2 is 1.87 bits per heavy atom. The number of para-hydroxylation sites is 1. The van der Waals surface area contributed by atoms with Gasteiger partial charge in [0.05, 0.1) is 6.04 Å². The number of aromatic hydroxyl groups is 1. The predicted octanol–water partition coefficient (Wildman–Crippen LogP) is 6.36. The average molecular weight is 613 g/mol. The van der Waals surface area contributed by atoms with Crippen LogP contribution in [0.3, 0.4) is 0 Å². The number of ether oxygens (including phenoxy) is 1. The fraction of sp³-hybridized carbons (Fsp3) is 0.360. The monoisotopic (exact) mass is 612 g/mol. The number of aromatic nitrogens is 1. The van der Waals surface area contributed by atoms with Crippen LogP contribution < -0.4 is 4.74 Å². The van der Waals surface area contributed by atoms with E-state index in [4.69, 9.17) is 9.73 Å². The molecule has 0 saturated heterocycles. The maximum absolute atomic E-state index is 10.1. The summed E-state index contributed by atoms with van der Waals surface area (Å²) in [5.74, 6) is 1.19. The minimum absolute atomic E-state index is 0. The zero-order valence-electron chi connectivity index (χ0n) is 17.6. The summed E-state index contributed by atoms with van der Waals surface area (Å²) < 4.78 is 5.97. The summed E-state index contributed by atoms with van der Waals surface area (Å²) in [6.07, 6.45) is 4.88. The third kappa shape index (κ3) is 4.83. The van der Waals surface area contributed by atoms with Gasteiger partial charge in [0.2, 0.25) is 5.88 Å². The average Bonchev–Trinajstić information content (AvgIpc) is 3.09. The first-order chi connectivity index (χ1) is 14.5. The van der Waals surface area contributed by atoms with Crippen molar-refractivity contribution >= 4 is 27.7 Å². The molecule has 2 atom stereocenters. The second-order valence-electron chi connectivity index (χ2n) is 8.93. The Bertz CT molecular complexity index is 1130. The second kappa shape index (κ2) is 8.96. The van der Waals surface area contributed by atoms with Gasteiger partial charge in [0, 0.05) is 48.6 Å². The van der Waals surface area contributed by atoms with E-state index >= 15 is 0 Å². The molecule has 1 aliphatic heterocycles. The van der Waals surface area contributed by atoms with Crippen molar-refractivity contribution in [1.29, 1.82) is 0 Å². The molecule has 2 aliphatic rings. The fourth-order valence-corrected chi connectivity index (χ4v) is 5.55. The number of rotatable bonds is 3. The van der Waals surface area contributed by atoms with Crippen LogP contribution in [0.2, 0.25) is 0 Å². The van der Waals surface area contributed by atoms with Crippen LogP contribution >= 0.6 is 11.8 Å². The molecular formula is C25H25N2O2PtS-. The van der Waals surface area contributed by atoms with Crippen molar-refractivity contribution in [2.24, 2.45) is 10.4 Å². The van der Waals surface area contributed by atoms with Gasteiger partial charge in [-0.15, -0.1) is 23.8 Å². The number of phenolic OH excluding ortho intramolecular Hbond substituents is 1. The van der Waals surface area contributed by atoms with Gasteiger partial charge in [-0.1, -0.05) is 32.0 Å². The zero-order chi connectivity index (χ0) is 20.7. The van der Waals surface area contributed by atoms with Gasteiger partial charge in [-0.25, -0.2) is 4.98 Å². The number of fused-ring (bicyclic) bond motifs is 2. The van der Waals surface area contributed by atoms with Gasteiger partial charge in [-0.2, -0.15) is 11.8 Å². The van der Waals surface area contributed by atoms with Crippen molar-refractivity contribution in [3.8, 4) is 17.4 Å². The molecule has 1 N–H and O–H groups in total. The number of benzene rings is 2. The van der Waals surface area contributed by atoms with Gasteiger partial charge in [0.15, 0.2) is 0 Å². The van der Waals surface area contributed by atoms with E-state index in [2.05, 4.69) is 24.9 Å². The molecule has 31 heavy (non-hydrogen) atoms. The molecule has 5 rings (SSSR count). The van der Waals surface area contributed by atoms with E-state index in [9.17, 15) is 5.11 Å². The molecule has 4 nitrogen and oxygen atoms in total. The fourth-order valence-electron chi connectivity index (χ4n) is 4.23. The number of aliphatic imine (C=N–C) groups is 1. The molecule has 0 bridgehead atoms. The van der Waals surface area contributed by atoms with E-state index in [1.807, 2.05) is 48.2 Å². The predicted molar refractivity (Wildman–Crippen MR) is 123 cm³/mol. The summed E-state index contributed by atoms with van der Waals surface area (Å²) >= 11 is 1.90. The van der Waals surface area contributed by atoms with Gasteiger partial charge >= 0.3 is 0 Å². The van der Waals surface area contributed by atoms with Crippen LogP contribution in [0.1, 0.15) is 45.1 Å². The van der Waals surface area contributed by atoms with Crippen LogP contribution in [0.4, 0.5) is 0 Å². The number of phenols is 1. The van der Waals surface area contributed by atoms with E-state index in [0.29, 0.717) is 33.9 Å². The van der Waals surface area contributed by atoms with E-state index < -0.39 is 0 Å². The largest absolute Gasteiger partial charge is 0.506 e. The third-order valence-electron chi connectivity index (χ3n) is 6.08. The van der Waals surface area contributed by atoms with Crippen LogP contribution in [0.25, 0.3) is 10.9 Å². The Kier molecular flexibility index (Phi) is 6.46. The minimum Gasteiger partial charge on any atom is -0.506 e. The second-order valence-corrected chi connectivity index (χ2v) is 10.2. The molecular weight excluding hydrogens is 587 g/mol. The summed E-state index contributed by atoms with van der Waals surface area (Å²) in [4.78, 5) is 9.50. The molecule has 0 spiro atoms. The topological polar surface area (TPSA) is 54.7 Å². The quantitative estimate of drug-likeness (QED) is 0.350. The van der Waals surface area contributed by atoms with Crippen molar-refractivity contribution in [2.75, 3.05) is 0 Å². The first kappa shape index (κ1) is 22.4. The van der Waals surface area contributed by atoms with E-state index in [0.717, 1.165) is 22.4 Å². The van der Waals surface area contributed by atoms with Crippen LogP contribution in [0.15, 0.2) is 53.5 Å². The van der Waals surface area contributed by atoms with Crippen molar-refractivity contribution in [2.45, 2.75) is 50.8 Å². The van der Waals surface area contributed by atoms with Crippen molar-refractivity contribution in [1.82, 2.24) is 4.98 Å². The van der Waals surface area contributed by atoms with E-state index in [-0.39, 0.29) is 26.8 Å². The molecule has 0 unspecified atom stereocenters. The molecule has 164 valence electrons. The summed E-state index contributed by atoms with van der Waals surface area (Å²) in [7, 11) is 0. The van der Waals surface area contributed by atoms with Gasteiger partial charge in [-0.3, -0.25) is 0 Å². The zero-order valence-corrected chi connectivity index (χ0v) is 20.7. The molecule has 3 aromatic rings. The smallest absolute Gasteiger partial charge is 0.217 e. The Hall–Kier alpha value is -1.84. The van der Waals surface area contributed by atoms with Crippen LogP contribution in [-0.2, 0) is 21.1 Å². The van der Waals surface area contributed by atoms with E-state index in [1.165, 1.54) is 19.3 Å². The molecule has 2 heterocycles. The number of hydrogen-bond donors (Lipinski definition) is 1. The number of pyridine rings is 1. The Morgan fingerprint density at radius 3 is 2.74 bits per heavy atom. The van der Waals surface area contributed by atoms with Gasteiger partial charge in [-0.05, 0) is 43.2 Å². The molecule has 2 aromatic carbocycles. The van der Waals surface area contributed by atoms with Gasteiger partial charge in [0.25, 0.3) is 0 Å². The minimum atomic E-state index is 0. The van der Waals surface area contributed by atoms with Crippen LogP contribution in [0.5, 0.6) is 17.4 Å². The molecule has 1 aromatic heterocycles. The first-order valence-corrected chi connectivity index (χ1v) is 11.4. The summed E-state index contributed by atoms with van der Waals surface area (Å²) in [6, 6.07) is 18.7. The molecule has 0 amide bonds. The van der Waals surface area contributed by atoms with Crippen molar-refractivity contribution < 1.29 is 30.9 Å². The molecule has 6 heteroatoms. The molecule has 1 fully saturated rings. The summed E-state index contributed by atoms with van der Waals surface area (Å²) in [5.41, 5.74) is 1.94. The maximum Gasteiger partial charge on any atom is 0.217 e. The first-order valence-electron chi connectivity index (χ1n) is 10.5. The molecule has 1 aliphatic carbocycles. The van der Waals surface area contributed by atoms with Crippen molar-refractivity contribution in [3.63, 3.8) is 0 Å². The number of thioether (sulfide) groups is 1. The SMILES string of the molecule is CC1(C)CC[C@@H]2N=C(c3[c-]c(Oc4ccc5cccc(O)c5n4)ccc3)S[C@H]2CC1.[Pt]. The number of nitrogens with zero attached hydrogens (tertiary/aromatic N) is 2. The standard InChI is InChI=1S/C25H25N2O2S.Pt/c1-25(2)13-11-19-21(12-14-25)30-24(26-19)17-6-3-7-18(15-17)29-22-10-9-16-5-4-8-20(28)23(16)27-22;/h3-10,19,21,28H,11-14H2,1-2H3;/q-1;/t19-,21-;/m0./s1. The summed E-state index contributed by atoms with van der Waals surface area (Å²) in [6.45, 7) is 4.75. The van der Waals surface area contributed by atoms with E-state index in [1.54, 1.807) is 12.1 Å². The maximum atomic E-state index is 10.1. The van der Waals surface area contributed by atoms with Crippen LogP contribution in [0, 0.1) is 11.5 Å². The van der Waals surface area contributed by atoms with Gasteiger partial charge in [0.1, 0.15) is 11.3 Å². The third-order valence-corrected chi connectivity index (χ3v) is 7.49.